The van der Waals surface area contributed by atoms with Gasteiger partial charge in [0.25, 0.3) is 0 Å². The molecule has 0 bridgehead atoms. The Morgan fingerprint density at radius 3 is 2.71 bits per heavy atom. The molecule has 0 amide bonds. The van der Waals surface area contributed by atoms with Gasteiger partial charge < -0.3 is 5.32 Å². The Morgan fingerprint density at radius 1 is 1.50 bits per heavy atom. The van der Waals surface area contributed by atoms with Crippen molar-refractivity contribution in [2.24, 2.45) is 0 Å². The van der Waals surface area contributed by atoms with Gasteiger partial charge in [-0.1, -0.05) is 42.0 Å². The molecule has 1 aromatic carbocycles. The highest BCUT2D eigenvalue weighted by Gasteiger charge is 2.06. The maximum absolute atomic E-state index is 3.98. The highest BCUT2D eigenvalue weighted by Crippen LogP contribution is 2.10. The molecule has 0 aromatic heterocycles. The second-order valence-electron chi connectivity index (χ2n) is 3.88. The molecule has 0 radical (unpaired) electrons. The lowest BCUT2D eigenvalue weighted by atomic mass is 10.00. The van der Waals surface area contributed by atoms with Crippen LogP contribution in [-0.4, -0.2) is 13.1 Å². The fourth-order valence-electron chi connectivity index (χ4n) is 1.60. The summed E-state index contributed by atoms with van der Waals surface area (Å²) in [6, 6.07) is 9.01. The zero-order valence-electron chi connectivity index (χ0n) is 9.30. The van der Waals surface area contributed by atoms with Crippen LogP contribution in [0.3, 0.4) is 0 Å². The molecule has 0 aliphatic heterocycles. The Hall–Kier alpha value is -1.08. The fraction of sp³-hybridized carbons (Fsp3) is 0.385. The van der Waals surface area contributed by atoms with E-state index in [1.807, 2.05) is 7.05 Å². The highest BCUT2D eigenvalue weighted by molar-refractivity contribution is 5.24. The maximum Gasteiger partial charge on any atom is 0.0311 e. The zero-order valence-corrected chi connectivity index (χ0v) is 9.30. The Labute approximate surface area is 86.8 Å². The molecule has 0 spiro atoms. The monoisotopic (exact) mass is 189 g/mol. The van der Waals surface area contributed by atoms with Crippen molar-refractivity contribution >= 4 is 0 Å². The lowest BCUT2D eigenvalue weighted by Gasteiger charge is -2.16. The first-order valence-corrected chi connectivity index (χ1v) is 5.01. The number of hydrogen-bond acceptors (Lipinski definition) is 1. The van der Waals surface area contributed by atoms with Gasteiger partial charge in [-0.2, -0.15) is 0 Å². The summed E-state index contributed by atoms with van der Waals surface area (Å²) in [6.45, 7) is 8.17. The van der Waals surface area contributed by atoms with Crippen LogP contribution in [0.5, 0.6) is 0 Å². The average Bonchev–Trinajstić information content (AvgIpc) is 2.14. The van der Waals surface area contributed by atoms with E-state index in [1.165, 1.54) is 16.7 Å². The first-order valence-electron chi connectivity index (χ1n) is 5.01. The minimum Gasteiger partial charge on any atom is -0.313 e. The van der Waals surface area contributed by atoms with Crippen LogP contribution in [0.15, 0.2) is 36.4 Å². The summed E-state index contributed by atoms with van der Waals surface area (Å²) in [4.78, 5) is 0. The normalized spacial score (nSPS) is 12.5. The molecule has 1 unspecified atom stereocenters. The molecule has 1 N–H and O–H groups in total. The van der Waals surface area contributed by atoms with Crippen LogP contribution in [-0.2, 0) is 6.42 Å². The summed E-state index contributed by atoms with van der Waals surface area (Å²) in [7, 11) is 1.98. The predicted molar refractivity (Wildman–Crippen MR) is 62.5 cm³/mol. The smallest absolute Gasteiger partial charge is 0.0311 e. The van der Waals surface area contributed by atoms with Crippen molar-refractivity contribution in [1.82, 2.24) is 5.32 Å². The Bertz CT molecular complexity index is 315. The van der Waals surface area contributed by atoms with Crippen LogP contribution in [0.4, 0.5) is 0 Å². The van der Waals surface area contributed by atoms with E-state index < -0.39 is 0 Å². The average molecular weight is 189 g/mol. The van der Waals surface area contributed by atoms with E-state index in [0.29, 0.717) is 6.04 Å². The second kappa shape index (κ2) is 4.97. The van der Waals surface area contributed by atoms with Crippen LogP contribution in [0, 0.1) is 6.92 Å². The van der Waals surface area contributed by atoms with E-state index in [4.69, 9.17) is 0 Å². The third-order valence-corrected chi connectivity index (χ3v) is 2.47. The van der Waals surface area contributed by atoms with E-state index in [-0.39, 0.29) is 0 Å². The van der Waals surface area contributed by atoms with Gasteiger partial charge in [0.05, 0.1) is 0 Å². The number of likely N-dealkylation sites (N-methyl/N-ethyl adjacent to an activating group) is 1. The molecule has 76 valence electrons. The third kappa shape index (κ3) is 3.00. The Morgan fingerprint density at radius 2 is 2.21 bits per heavy atom. The molecule has 0 aliphatic carbocycles. The molecular formula is C13H19N. The summed E-state index contributed by atoms with van der Waals surface area (Å²) in [5, 5.41) is 3.27. The van der Waals surface area contributed by atoms with Crippen molar-refractivity contribution in [3.8, 4) is 0 Å². The number of benzene rings is 1. The summed E-state index contributed by atoms with van der Waals surface area (Å²) in [5.74, 6) is 0. The highest BCUT2D eigenvalue weighted by atomic mass is 14.9. The molecule has 0 aliphatic rings. The van der Waals surface area contributed by atoms with Gasteiger partial charge in [0.2, 0.25) is 0 Å². The van der Waals surface area contributed by atoms with Gasteiger partial charge in [0.15, 0.2) is 0 Å². The van der Waals surface area contributed by atoms with Gasteiger partial charge in [-0.3, -0.25) is 0 Å². The number of nitrogens with one attached hydrogen (secondary N) is 1. The standard InChI is InChI=1S/C13H19N/c1-10(2)13(14-4)9-12-7-5-6-11(3)8-12/h5-8,13-14H,1,9H2,2-4H3. The van der Waals surface area contributed by atoms with Gasteiger partial charge in [-0.15, -0.1) is 0 Å². The van der Waals surface area contributed by atoms with E-state index in [9.17, 15) is 0 Å². The SMILES string of the molecule is C=C(C)C(Cc1cccc(C)c1)NC. The van der Waals surface area contributed by atoms with E-state index in [1.54, 1.807) is 0 Å². The molecule has 1 rings (SSSR count). The first kappa shape index (κ1) is 11.0. The van der Waals surface area contributed by atoms with Crippen LogP contribution in [0.1, 0.15) is 18.1 Å². The third-order valence-electron chi connectivity index (χ3n) is 2.47. The van der Waals surface area contributed by atoms with E-state index in [2.05, 4.69) is 50.0 Å². The molecule has 14 heavy (non-hydrogen) atoms. The zero-order chi connectivity index (χ0) is 10.6. The largest absolute Gasteiger partial charge is 0.313 e. The number of aryl methyl sites for hydroxylation is 1. The molecule has 0 saturated heterocycles. The van der Waals surface area contributed by atoms with Crippen LogP contribution in [0.25, 0.3) is 0 Å². The molecule has 0 fully saturated rings. The molecular weight excluding hydrogens is 170 g/mol. The van der Waals surface area contributed by atoms with E-state index >= 15 is 0 Å². The summed E-state index contributed by atoms with van der Waals surface area (Å²) < 4.78 is 0. The van der Waals surface area contributed by atoms with Crippen LogP contribution in [0.2, 0.25) is 0 Å². The molecule has 0 saturated carbocycles. The molecule has 1 aromatic rings. The van der Waals surface area contributed by atoms with Gasteiger partial charge in [0, 0.05) is 6.04 Å². The van der Waals surface area contributed by atoms with Crippen molar-refractivity contribution in [2.75, 3.05) is 7.05 Å². The topological polar surface area (TPSA) is 12.0 Å². The van der Waals surface area contributed by atoms with Gasteiger partial charge in [0.1, 0.15) is 0 Å². The molecule has 1 atom stereocenters. The van der Waals surface area contributed by atoms with Crippen LogP contribution < -0.4 is 5.32 Å². The van der Waals surface area contributed by atoms with Crippen molar-refractivity contribution in [3.05, 3.63) is 47.5 Å². The van der Waals surface area contributed by atoms with Crippen LogP contribution >= 0.6 is 0 Å². The van der Waals surface area contributed by atoms with Gasteiger partial charge in [-0.25, -0.2) is 0 Å². The van der Waals surface area contributed by atoms with Crippen molar-refractivity contribution in [2.45, 2.75) is 26.3 Å². The first-order chi connectivity index (χ1) is 6.63. The summed E-state index contributed by atoms with van der Waals surface area (Å²) >= 11 is 0. The number of rotatable bonds is 4. The van der Waals surface area contributed by atoms with Crippen molar-refractivity contribution < 1.29 is 0 Å². The summed E-state index contributed by atoms with van der Waals surface area (Å²) in [5.41, 5.74) is 3.88. The second-order valence-corrected chi connectivity index (χ2v) is 3.88. The minimum absolute atomic E-state index is 0.386. The molecule has 1 nitrogen and oxygen atoms in total. The van der Waals surface area contributed by atoms with Gasteiger partial charge in [-0.05, 0) is 32.9 Å². The quantitative estimate of drug-likeness (QED) is 0.718. The number of hydrogen-bond donors (Lipinski definition) is 1. The van der Waals surface area contributed by atoms with E-state index in [0.717, 1.165) is 6.42 Å². The maximum atomic E-state index is 3.98. The van der Waals surface area contributed by atoms with Gasteiger partial charge >= 0.3 is 0 Å². The minimum atomic E-state index is 0.386. The van der Waals surface area contributed by atoms with Crippen molar-refractivity contribution in [3.63, 3.8) is 0 Å². The lowest BCUT2D eigenvalue weighted by Crippen LogP contribution is -2.28. The Balaban J connectivity index is 2.72. The molecule has 1 heteroatoms. The van der Waals surface area contributed by atoms with Crippen molar-refractivity contribution in [1.29, 1.82) is 0 Å². The fourth-order valence-corrected chi connectivity index (χ4v) is 1.60. The summed E-state index contributed by atoms with van der Waals surface area (Å²) in [6.07, 6.45) is 1.02. The predicted octanol–water partition coefficient (Wildman–Crippen LogP) is 2.70. The Kier molecular flexibility index (Phi) is 3.90. The lowest BCUT2D eigenvalue weighted by molar-refractivity contribution is 0.634. The molecule has 0 heterocycles.